The van der Waals surface area contributed by atoms with E-state index in [0.717, 1.165) is 17.6 Å². The van der Waals surface area contributed by atoms with Crippen LogP contribution in [0.5, 0.6) is 0 Å². The maximum Gasteiger partial charge on any atom is 0.408 e. The van der Waals surface area contributed by atoms with E-state index in [4.69, 9.17) is 9.29 Å². The molecule has 2 rings (SSSR count). The molecule has 0 radical (unpaired) electrons. The Balaban J connectivity index is 2.16. The summed E-state index contributed by atoms with van der Waals surface area (Å²) in [6.07, 6.45) is -0.832. The largest absolute Gasteiger partial charge is 0.467 e. The monoisotopic (exact) mass is 355 g/mol. The summed E-state index contributed by atoms with van der Waals surface area (Å²) in [6, 6.07) is 4.79. The molecule has 1 aromatic carbocycles. The first kappa shape index (κ1) is 18.0. The Kier molecular flexibility index (Phi) is 5.25. The maximum atomic E-state index is 12.3. The van der Waals surface area contributed by atoms with Crippen molar-refractivity contribution < 1.29 is 32.0 Å². The van der Waals surface area contributed by atoms with E-state index in [2.05, 4.69) is 11.3 Å². The van der Waals surface area contributed by atoms with Gasteiger partial charge in [0.15, 0.2) is 0 Å². The maximum absolute atomic E-state index is 12.3. The summed E-state index contributed by atoms with van der Waals surface area (Å²) in [4.78, 5) is 23.6. The van der Waals surface area contributed by atoms with Crippen LogP contribution in [0.25, 0.3) is 6.08 Å². The molecule has 130 valence electrons. The highest BCUT2D eigenvalue weighted by molar-refractivity contribution is 7.86. The molecule has 2 atom stereocenters. The molecule has 0 aliphatic carbocycles. The Morgan fingerprint density at radius 2 is 1.96 bits per heavy atom. The lowest BCUT2D eigenvalue weighted by Crippen LogP contribution is -2.40. The van der Waals surface area contributed by atoms with Crippen LogP contribution in [-0.2, 0) is 23.8 Å². The number of carbonyl (C=O) groups excluding carboxylic acids is 1. The van der Waals surface area contributed by atoms with Crippen molar-refractivity contribution in [2.45, 2.75) is 23.5 Å². The normalized spacial score (nSPS) is 20.6. The lowest BCUT2D eigenvalue weighted by Gasteiger charge is -2.18. The number of nitrogens with zero attached hydrogens (tertiary/aromatic N) is 1. The molecule has 1 heterocycles. The fourth-order valence-electron chi connectivity index (χ4n) is 2.44. The summed E-state index contributed by atoms with van der Waals surface area (Å²) >= 11 is 0. The molecule has 1 amide bonds. The van der Waals surface area contributed by atoms with Gasteiger partial charge in [-0.2, -0.15) is 8.42 Å². The van der Waals surface area contributed by atoms with Crippen molar-refractivity contribution in [2.24, 2.45) is 0 Å². The van der Waals surface area contributed by atoms with Crippen LogP contribution in [0, 0.1) is 0 Å². The minimum atomic E-state index is -4.08. The zero-order valence-electron chi connectivity index (χ0n) is 12.9. The van der Waals surface area contributed by atoms with Gasteiger partial charge >= 0.3 is 12.1 Å². The fraction of sp³-hybridized carbons (Fsp3) is 0.333. The van der Waals surface area contributed by atoms with Crippen molar-refractivity contribution in [3.05, 3.63) is 36.4 Å². The molecule has 8 nitrogen and oxygen atoms in total. The zero-order valence-corrected chi connectivity index (χ0v) is 13.7. The molecule has 1 aliphatic heterocycles. The summed E-state index contributed by atoms with van der Waals surface area (Å²) in [7, 11) is -2.95. The van der Waals surface area contributed by atoms with Crippen molar-refractivity contribution in [2.75, 3.05) is 13.7 Å². The third-order valence-electron chi connectivity index (χ3n) is 3.65. The Bertz CT molecular complexity index is 742. The predicted molar refractivity (Wildman–Crippen MR) is 83.7 cm³/mol. The standard InChI is InChI=1S/C15H17NO7S/c1-3-10-4-6-12(7-5-10)24(20,21)23-11-8-13(14(17)22-2)16(9-11)15(18)19/h3-7,11,13H,1,8-9H2,2H3,(H,18,19)/t11-,13-/m0/s1. The Morgan fingerprint density at radius 3 is 2.46 bits per heavy atom. The molecule has 1 N–H and O–H groups in total. The second-order valence-corrected chi connectivity index (χ2v) is 6.73. The van der Waals surface area contributed by atoms with Crippen molar-refractivity contribution in [3.63, 3.8) is 0 Å². The van der Waals surface area contributed by atoms with Gasteiger partial charge in [0.1, 0.15) is 6.04 Å². The van der Waals surface area contributed by atoms with E-state index in [1.165, 1.54) is 12.1 Å². The van der Waals surface area contributed by atoms with Crippen molar-refractivity contribution in [3.8, 4) is 0 Å². The number of benzene rings is 1. The minimum absolute atomic E-state index is 0.0588. The van der Waals surface area contributed by atoms with Gasteiger partial charge in [0.05, 0.1) is 24.7 Å². The highest BCUT2D eigenvalue weighted by Gasteiger charge is 2.42. The third kappa shape index (κ3) is 3.74. The molecule has 9 heteroatoms. The molecule has 0 unspecified atom stereocenters. The van der Waals surface area contributed by atoms with Gasteiger partial charge in [0, 0.05) is 6.42 Å². The first-order valence-corrected chi connectivity index (χ1v) is 8.42. The summed E-state index contributed by atoms with van der Waals surface area (Å²) in [6.45, 7) is 3.34. The number of methoxy groups -OCH3 is 1. The van der Waals surface area contributed by atoms with Gasteiger partial charge in [-0.15, -0.1) is 0 Å². The average molecular weight is 355 g/mol. The highest BCUT2D eigenvalue weighted by Crippen LogP contribution is 2.25. The van der Waals surface area contributed by atoms with Gasteiger partial charge in [-0.1, -0.05) is 24.8 Å². The van der Waals surface area contributed by atoms with Gasteiger partial charge in [-0.25, -0.2) is 9.59 Å². The van der Waals surface area contributed by atoms with Crippen molar-refractivity contribution in [1.29, 1.82) is 0 Å². The van der Waals surface area contributed by atoms with E-state index in [0.29, 0.717) is 0 Å². The number of ether oxygens (including phenoxy) is 1. The molecule has 0 saturated carbocycles. The Morgan fingerprint density at radius 1 is 1.33 bits per heavy atom. The molecule has 1 aromatic rings. The Labute approximate surface area is 139 Å². The van der Waals surface area contributed by atoms with Gasteiger partial charge in [0.2, 0.25) is 0 Å². The fourth-order valence-corrected chi connectivity index (χ4v) is 3.52. The van der Waals surface area contributed by atoms with E-state index in [-0.39, 0.29) is 17.9 Å². The number of carboxylic acid groups (broad SMARTS) is 1. The average Bonchev–Trinajstić information content (AvgIpc) is 2.97. The predicted octanol–water partition coefficient (Wildman–Crippen LogP) is 1.33. The third-order valence-corrected chi connectivity index (χ3v) is 5.02. The lowest BCUT2D eigenvalue weighted by atomic mass is 10.2. The molecular formula is C15H17NO7S. The van der Waals surface area contributed by atoms with Gasteiger partial charge in [0.25, 0.3) is 10.1 Å². The highest BCUT2D eigenvalue weighted by atomic mass is 32.2. The van der Waals surface area contributed by atoms with E-state index in [1.54, 1.807) is 18.2 Å². The first-order chi connectivity index (χ1) is 11.3. The van der Waals surface area contributed by atoms with E-state index in [9.17, 15) is 18.0 Å². The number of rotatable bonds is 5. The topological polar surface area (TPSA) is 110 Å². The van der Waals surface area contributed by atoms with E-state index in [1.807, 2.05) is 0 Å². The van der Waals surface area contributed by atoms with Crippen LogP contribution in [0.4, 0.5) is 4.79 Å². The van der Waals surface area contributed by atoms with Crippen LogP contribution in [0.2, 0.25) is 0 Å². The number of esters is 1. The molecule has 0 aromatic heterocycles. The number of likely N-dealkylation sites (tertiary alicyclic amines) is 1. The van der Waals surface area contributed by atoms with Gasteiger partial charge < -0.3 is 9.84 Å². The summed E-state index contributed by atoms with van der Waals surface area (Å²) < 4.78 is 34.2. The summed E-state index contributed by atoms with van der Waals surface area (Å²) in [5, 5.41) is 9.12. The Hall–Kier alpha value is -2.39. The van der Waals surface area contributed by atoms with Crippen LogP contribution in [-0.4, -0.2) is 56.3 Å². The van der Waals surface area contributed by atoms with Crippen LogP contribution in [0.1, 0.15) is 12.0 Å². The second kappa shape index (κ2) is 7.02. The van der Waals surface area contributed by atoms with Crippen LogP contribution < -0.4 is 0 Å². The van der Waals surface area contributed by atoms with E-state index >= 15 is 0 Å². The van der Waals surface area contributed by atoms with Crippen LogP contribution in [0.3, 0.4) is 0 Å². The second-order valence-electron chi connectivity index (χ2n) is 5.16. The number of hydrogen-bond donors (Lipinski definition) is 1. The van der Waals surface area contributed by atoms with Crippen LogP contribution >= 0.6 is 0 Å². The number of hydrogen-bond acceptors (Lipinski definition) is 6. The minimum Gasteiger partial charge on any atom is -0.467 e. The van der Waals surface area contributed by atoms with E-state index < -0.39 is 34.3 Å². The lowest BCUT2D eigenvalue weighted by molar-refractivity contribution is -0.145. The molecule has 0 spiro atoms. The molecule has 1 saturated heterocycles. The van der Waals surface area contributed by atoms with Crippen molar-refractivity contribution in [1.82, 2.24) is 4.90 Å². The van der Waals surface area contributed by atoms with Crippen LogP contribution in [0.15, 0.2) is 35.7 Å². The number of carbonyl (C=O) groups is 2. The zero-order chi connectivity index (χ0) is 17.9. The number of amides is 1. The molecule has 24 heavy (non-hydrogen) atoms. The van der Waals surface area contributed by atoms with Gasteiger partial charge in [-0.05, 0) is 17.7 Å². The first-order valence-electron chi connectivity index (χ1n) is 7.01. The molecular weight excluding hydrogens is 338 g/mol. The quantitative estimate of drug-likeness (QED) is 0.626. The summed E-state index contributed by atoms with van der Waals surface area (Å²) in [5.41, 5.74) is 0.748. The SMILES string of the molecule is C=Cc1ccc(S(=O)(=O)O[C@H]2C[C@@H](C(=O)OC)N(C(=O)O)C2)cc1. The van der Waals surface area contributed by atoms with Crippen molar-refractivity contribution >= 4 is 28.3 Å². The molecule has 1 fully saturated rings. The molecule has 0 bridgehead atoms. The van der Waals surface area contributed by atoms with Gasteiger partial charge in [-0.3, -0.25) is 9.08 Å². The molecule has 1 aliphatic rings. The summed E-state index contributed by atoms with van der Waals surface area (Å²) in [5.74, 6) is -0.753. The smallest absolute Gasteiger partial charge is 0.408 e.